The van der Waals surface area contributed by atoms with Crippen molar-refractivity contribution in [3.63, 3.8) is 0 Å². The molecule has 0 aliphatic rings. The number of nitrogens with zero attached hydrogens (tertiary/aromatic N) is 1. The molecule has 4 nitrogen and oxygen atoms in total. The van der Waals surface area contributed by atoms with E-state index < -0.39 is 0 Å². The summed E-state index contributed by atoms with van der Waals surface area (Å²) < 4.78 is 5.40. The Kier molecular flexibility index (Phi) is 3.06. The lowest BCUT2D eigenvalue weighted by molar-refractivity contribution is 0.318. The van der Waals surface area contributed by atoms with Gasteiger partial charge < -0.3 is 14.8 Å². The number of rotatable bonds is 3. The van der Waals surface area contributed by atoms with Gasteiger partial charge >= 0.3 is 0 Å². The molecule has 0 saturated carbocycles. The summed E-state index contributed by atoms with van der Waals surface area (Å²) >= 11 is 0. The van der Waals surface area contributed by atoms with E-state index in [4.69, 9.17) is 4.74 Å². The average Bonchev–Trinajstić information content (AvgIpc) is 2.87. The highest BCUT2D eigenvalue weighted by Gasteiger charge is 2.10. The van der Waals surface area contributed by atoms with Gasteiger partial charge in [0.2, 0.25) is 0 Å². The second-order valence-electron chi connectivity index (χ2n) is 4.67. The van der Waals surface area contributed by atoms with Crippen LogP contribution in [-0.4, -0.2) is 21.7 Å². The number of fused-ring (bicyclic) bond motifs is 1. The summed E-state index contributed by atoms with van der Waals surface area (Å²) in [4.78, 5) is 7.91. The third-order valence-corrected chi connectivity index (χ3v) is 3.25. The van der Waals surface area contributed by atoms with Crippen molar-refractivity contribution >= 4 is 11.0 Å². The van der Waals surface area contributed by atoms with Gasteiger partial charge in [-0.3, -0.25) is 0 Å². The zero-order valence-corrected chi connectivity index (χ0v) is 11.5. The van der Waals surface area contributed by atoms with Crippen LogP contribution in [0.2, 0.25) is 0 Å². The van der Waals surface area contributed by atoms with Crippen molar-refractivity contribution in [3.8, 4) is 22.9 Å². The van der Waals surface area contributed by atoms with E-state index in [1.54, 1.807) is 12.1 Å². The molecule has 20 heavy (non-hydrogen) atoms. The summed E-state index contributed by atoms with van der Waals surface area (Å²) in [6.07, 6.45) is 0. The Morgan fingerprint density at radius 1 is 1.25 bits per heavy atom. The first-order chi connectivity index (χ1) is 9.69. The van der Waals surface area contributed by atoms with Crippen LogP contribution in [0.25, 0.3) is 22.4 Å². The predicted molar refractivity (Wildman–Crippen MR) is 79.1 cm³/mol. The third-order valence-electron chi connectivity index (χ3n) is 3.25. The number of phenolic OH excluding ortho intramolecular Hbond substituents is 1. The van der Waals surface area contributed by atoms with Gasteiger partial charge in [0.1, 0.15) is 5.82 Å². The van der Waals surface area contributed by atoms with Crippen LogP contribution in [0.4, 0.5) is 0 Å². The largest absolute Gasteiger partial charge is 0.504 e. The van der Waals surface area contributed by atoms with E-state index in [9.17, 15) is 5.11 Å². The molecule has 3 rings (SSSR count). The number of aromatic nitrogens is 2. The van der Waals surface area contributed by atoms with Crippen LogP contribution in [0.1, 0.15) is 12.5 Å². The van der Waals surface area contributed by atoms with Gasteiger partial charge in [0.15, 0.2) is 11.5 Å². The van der Waals surface area contributed by atoms with Crippen LogP contribution in [0, 0.1) is 6.92 Å². The van der Waals surface area contributed by atoms with Crippen molar-refractivity contribution < 1.29 is 9.84 Å². The second-order valence-corrected chi connectivity index (χ2v) is 4.67. The quantitative estimate of drug-likeness (QED) is 0.762. The number of aromatic amines is 1. The molecular weight excluding hydrogens is 252 g/mol. The summed E-state index contributed by atoms with van der Waals surface area (Å²) in [5.74, 6) is 1.39. The Labute approximate surface area is 117 Å². The van der Waals surface area contributed by atoms with Crippen LogP contribution in [0.3, 0.4) is 0 Å². The standard InChI is InChI=1S/C16H16N2O2/c1-3-20-14-9-11(7-8-13(14)19)16-17-12-6-4-5-10(2)15(12)18-16/h4-9,19H,3H2,1-2H3,(H,17,18). The number of phenols is 1. The lowest BCUT2D eigenvalue weighted by atomic mass is 10.2. The molecule has 0 radical (unpaired) electrons. The molecule has 0 unspecified atom stereocenters. The Morgan fingerprint density at radius 3 is 2.85 bits per heavy atom. The lowest BCUT2D eigenvalue weighted by Gasteiger charge is -2.06. The van der Waals surface area contributed by atoms with Crippen molar-refractivity contribution in [3.05, 3.63) is 42.0 Å². The van der Waals surface area contributed by atoms with Gasteiger partial charge in [-0.1, -0.05) is 12.1 Å². The number of imidazole rings is 1. The van der Waals surface area contributed by atoms with E-state index >= 15 is 0 Å². The summed E-state index contributed by atoms with van der Waals surface area (Å²) in [6, 6.07) is 11.3. The zero-order chi connectivity index (χ0) is 14.1. The third kappa shape index (κ3) is 2.09. The molecule has 0 aliphatic carbocycles. The first-order valence-corrected chi connectivity index (χ1v) is 6.60. The van der Waals surface area contributed by atoms with Gasteiger partial charge in [0, 0.05) is 5.56 Å². The number of hydrogen-bond donors (Lipinski definition) is 2. The fraction of sp³-hybridized carbons (Fsp3) is 0.188. The number of benzene rings is 2. The number of nitrogens with one attached hydrogen (secondary N) is 1. The molecule has 0 bridgehead atoms. The van der Waals surface area contributed by atoms with Gasteiger partial charge in [0.25, 0.3) is 0 Å². The molecule has 0 spiro atoms. The second kappa shape index (κ2) is 4.89. The van der Waals surface area contributed by atoms with E-state index in [1.807, 2.05) is 38.1 Å². The highest BCUT2D eigenvalue weighted by Crippen LogP contribution is 2.31. The molecule has 3 aromatic rings. The number of aromatic hydroxyl groups is 1. The molecule has 2 aromatic carbocycles. The summed E-state index contributed by atoms with van der Waals surface area (Å²) in [5, 5.41) is 9.74. The van der Waals surface area contributed by atoms with Crippen LogP contribution >= 0.6 is 0 Å². The van der Waals surface area contributed by atoms with E-state index in [0.29, 0.717) is 12.4 Å². The molecule has 1 heterocycles. The number of H-pyrrole nitrogens is 1. The maximum atomic E-state index is 9.74. The smallest absolute Gasteiger partial charge is 0.161 e. The van der Waals surface area contributed by atoms with Crippen molar-refractivity contribution in [2.75, 3.05) is 6.61 Å². The van der Waals surface area contributed by atoms with Crippen LogP contribution in [-0.2, 0) is 0 Å². The summed E-state index contributed by atoms with van der Waals surface area (Å²) in [6.45, 7) is 4.43. The van der Waals surface area contributed by atoms with E-state index in [1.165, 1.54) is 0 Å². The number of ether oxygens (including phenoxy) is 1. The maximum absolute atomic E-state index is 9.74. The molecule has 0 atom stereocenters. The molecule has 0 saturated heterocycles. The summed E-state index contributed by atoms with van der Waals surface area (Å²) in [7, 11) is 0. The van der Waals surface area contributed by atoms with Crippen molar-refractivity contribution in [1.82, 2.24) is 9.97 Å². The van der Waals surface area contributed by atoms with Crippen molar-refractivity contribution in [2.24, 2.45) is 0 Å². The predicted octanol–water partition coefficient (Wildman–Crippen LogP) is 3.64. The van der Waals surface area contributed by atoms with Crippen molar-refractivity contribution in [1.29, 1.82) is 0 Å². The molecule has 4 heteroatoms. The fourth-order valence-electron chi connectivity index (χ4n) is 2.24. The highest BCUT2D eigenvalue weighted by atomic mass is 16.5. The minimum absolute atomic E-state index is 0.142. The van der Waals surface area contributed by atoms with E-state index in [0.717, 1.165) is 28.0 Å². The minimum atomic E-state index is 0.142. The maximum Gasteiger partial charge on any atom is 0.161 e. The molecule has 0 fully saturated rings. The van der Waals surface area contributed by atoms with Crippen LogP contribution < -0.4 is 4.74 Å². The molecule has 0 aliphatic heterocycles. The van der Waals surface area contributed by atoms with Gasteiger partial charge in [-0.15, -0.1) is 0 Å². The van der Waals surface area contributed by atoms with E-state index in [2.05, 4.69) is 9.97 Å². The van der Waals surface area contributed by atoms with Gasteiger partial charge in [-0.25, -0.2) is 4.98 Å². The monoisotopic (exact) mass is 268 g/mol. The first kappa shape index (κ1) is 12.5. The Balaban J connectivity index is 2.11. The summed E-state index contributed by atoms with van der Waals surface area (Å²) in [5.41, 5.74) is 4.00. The number of hydrogen-bond acceptors (Lipinski definition) is 3. The van der Waals surface area contributed by atoms with Crippen molar-refractivity contribution in [2.45, 2.75) is 13.8 Å². The van der Waals surface area contributed by atoms with Crippen LogP contribution in [0.5, 0.6) is 11.5 Å². The molecule has 2 N–H and O–H groups in total. The fourth-order valence-corrected chi connectivity index (χ4v) is 2.24. The van der Waals surface area contributed by atoms with Gasteiger partial charge in [0.05, 0.1) is 17.6 Å². The minimum Gasteiger partial charge on any atom is -0.504 e. The zero-order valence-electron chi connectivity index (χ0n) is 11.5. The van der Waals surface area contributed by atoms with Crippen LogP contribution in [0.15, 0.2) is 36.4 Å². The first-order valence-electron chi connectivity index (χ1n) is 6.60. The Hall–Kier alpha value is -2.49. The average molecular weight is 268 g/mol. The normalized spacial score (nSPS) is 10.9. The molecule has 102 valence electrons. The number of para-hydroxylation sites is 1. The Bertz CT molecular complexity index is 762. The van der Waals surface area contributed by atoms with E-state index in [-0.39, 0.29) is 5.75 Å². The van der Waals surface area contributed by atoms with Gasteiger partial charge in [-0.05, 0) is 43.7 Å². The Morgan fingerprint density at radius 2 is 2.10 bits per heavy atom. The highest BCUT2D eigenvalue weighted by molar-refractivity contribution is 5.82. The molecule has 0 amide bonds. The molecule has 1 aromatic heterocycles. The van der Waals surface area contributed by atoms with Gasteiger partial charge in [-0.2, -0.15) is 0 Å². The number of aryl methyl sites for hydroxylation is 1. The topological polar surface area (TPSA) is 58.1 Å². The molecular formula is C16H16N2O2. The lowest BCUT2D eigenvalue weighted by Crippen LogP contribution is -1.92. The SMILES string of the molecule is CCOc1cc(-c2nc3c(C)cccc3[nH]2)ccc1O.